The second kappa shape index (κ2) is 7.13. The number of aromatic nitrogens is 4. The molecule has 1 amide bonds. The Hall–Kier alpha value is -2.96. The van der Waals surface area contributed by atoms with E-state index in [-0.39, 0.29) is 11.5 Å². The van der Waals surface area contributed by atoms with Crippen molar-refractivity contribution in [3.8, 4) is 0 Å². The molecule has 7 heteroatoms. The Labute approximate surface area is 168 Å². The van der Waals surface area contributed by atoms with Crippen molar-refractivity contribution in [3.63, 3.8) is 0 Å². The zero-order valence-electron chi connectivity index (χ0n) is 16.6. The Morgan fingerprint density at radius 3 is 2.69 bits per heavy atom. The summed E-state index contributed by atoms with van der Waals surface area (Å²) >= 11 is 0. The molecule has 0 radical (unpaired) electrons. The normalized spacial score (nSPS) is 17.8. The number of amides is 1. The zero-order valence-corrected chi connectivity index (χ0v) is 16.6. The summed E-state index contributed by atoms with van der Waals surface area (Å²) in [6.45, 7) is 3.97. The third-order valence-corrected chi connectivity index (χ3v) is 6.06. The van der Waals surface area contributed by atoms with Crippen molar-refractivity contribution in [1.82, 2.24) is 24.6 Å². The standard InChI is InChI=1S/C22H25N5O2/c1-14-23-19-5-4-17(12-20(19)24-14)22(29)26-10-8-15(9-11-26)13-27-21(28)7-6-18(25-27)16-2-3-16/h4-7,12,15-16H,2-3,8-11,13H2,1H3,(H,23,24). The fourth-order valence-corrected chi connectivity index (χ4v) is 4.21. The zero-order chi connectivity index (χ0) is 20.0. The van der Waals surface area contributed by atoms with E-state index in [4.69, 9.17) is 0 Å². The van der Waals surface area contributed by atoms with Gasteiger partial charge in [-0.15, -0.1) is 0 Å². The quantitative estimate of drug-likeness (QED) is 0.741. The van der Waals surface area contributed by atoms with Crippen molar-refractivity contribution in [1.29, 1.82) is 0 Å². The molecule has 1 aliphatic carbocycles. The SMILES string of the molecule is Cc1nc2ccc(C(=O)N3CCC(Cn4nc(C5CC5)ccc4=O)CC3)cc2[nH]1. The van der Waals surface area contributed by atoms with Gasteiger partial charge in [0.15, 0.2) is 0 Å². The van der Waals surface area contributed by atoms with Crippen molar-refractivity contribution in [2.24, 2.45) is 5.92 Å². The molecular weight excluding hydrogens is 366 g/mol. The first kappa shape index (κ1) is 18.1. The summed E-state index contributed by atoms with van der Waals surface area (Å²) in [4.78, 5) is 34.6. The molecule has 1 aliphatic heterocycles. The van der Waals surface area contributed by atoms with Crippen LogP contribution in [-0.2, 0) is 6.54 Å². The van der Waals surface area contributed by atoms with Crippen LogP contribution < -0.4 is 5.56 Å². The molecule has 0 atom stereocenters. The van der Waals surface area contributed by atoms with E-state index in [9.17, 15) is 9.59 Å². The van der Waals surface area contributed by atoms with Crippen molar-refractivity contribution in [2.45, 2.75) is 45.1 Å². The van der Waals surface area contributed by atoms with Gasteiger partial charge in [0, 0.05) is 37.2 Å². The molecule has 1 aromatic carbocycles. The minimum atomic E-state index is -0.0314. The number of nitrogens with zero attached hydrogens (tertiary/aromatic N) is 4. The average molecular weight is 391 g/mol. The predicted octanol–water partition coefficient (Wildman–Crippen LogP) is 2.86. The number of carbonyl (C=O) groups is 1. The predicted molar refractivity (Wildman–Crippen MR) is 110 cm³/mol. The molecule has 2 fully saturated rings. The van der Waals surface area contributed by atoms with Gasteiger partial charge in [0.1, 0.15) is 5.82 Å². The number of H-pyrrole nitrogens is 1. The number of imidazole rings is 1. The largest absolute Gasteiger partial charge is 0.342 e. The molecule has 1 N–H and O–H groups in total. The number of aromatic amines is 1. The number of carbonyl (C=O) groups excluding carboxylic acids is 1. The molecule has 3 aromatic rings. The number of benzene rings is 1. The average Bonchev–Trinajstić information content (AvgIpc) is 3.50. The first-order valence-electron chi connectivity index (χ1n) is 10.4. The van der Waals surface area contributed by atoms with Crippen LogP contribution in [0.5, 0.6) is 0 Å². The molecule has 29 heavy (non-hydrogen) atoms. The maximum atomic E-state index is 12.9. The van der Waals surface area contributed by atoms with E-state index in [2.05, 4.69) is 15.1 Å². The van der Waals surface area contributed by atoms with Gasteiger partial charge < -0.3 is 9.88 Å². The molecule has 150 valence electrons. The Kier molecular flexibility index (Phi) is 4.45. The molecule has 3 heterocycles. The highest BCUT2D eigenvalue weighted by molar-refractivity contribution is 5.97. The number of nitrogens with one attached hydrogen (secondary N) is 1. The summed E-state index contributed by atoms with van der Waals surface area (Å²) < 4.78 is 1.63. The van der Waals surface area contributed by atoms with Crippen LogP contribution in [0.4, 0.5) is 0 Å². The third kappa shape index (κ3) is 3.69. The molecule has 5 rings (SSSR count). The molecule has 0 unspecified atom stereocenters. The van der Waals surface area contributed by atoms with Gasteiger partial charge in [-0.05, 0) is 62.8 Å². The summed E-state index contributed by atoms with van der Waals surface area (Å²) in [7, 11) is 0. The molecule has 0 bridgehead atoms. The maximum Gasteiger partial charge on any atom is 0.266 e. The summed E-state index contributed by atoms with van der Waals surface area (Å²) in [5.41, 5.74) is 3.47. The van der Waals surface area contributed by atoms with E-state index in [1.165, 1.54) is 12.8 Å². The van der Waals surface area contributed by atoms with Crippen LogP contribution in [-0.4, -0.2) is 43.6 Å². The van der Waals surface area contributed by atoms with Crippen LogP contribution in [0.15, 0.2) is 35.1 Å². The number of rotatable bonds is 4. The van der Waals surface area contributed by atoms with Crippen LogP contribution in [0, 0.1) is 12.8 Å². The minimum Gasteiger partial charge on any atom is -0.342 e. The first-order valence-corrected chi connectivity index (χ1v) is 10.4. The summed E-state index contributed by atoms with van der Waals surface area (Å²) in [5.74, 6) is 1.82. The summed E-state index contributed by atoms with van der Waals surface area (Å²) in [5, 5.41) is 4.58. The van der Waals surface area contributed by atoms with E-state index in [1.807, 2.05) is 36.1 Å². The number of hydrogen-bond donors (Lipinski definition) is 1. The fourth-order valence-electron chi connectivity index (χ4n) is 4.21. The molecule has 1 saturated heterocycles. The second-order valence-corrected chi connectivity index (χ2v) is 8.34. The highest BCUT2D eigenvalue weighted by atomic mass is 16.2. The number of fused-ring (bicyclic) bond motifs is 1. The first-order chi connectivity index (χ1) is 14.1. The molecule has 2 aliphatic rings. The Morgan fingerprint density at radius 2 is 1.93 bits per heavy atom. The monoisotopic (exact) mass is 391 g/mol. The topological polar surface area (TPSA) is 83.9 Å². The van der Waals surface area contributed by atoms with E-state index in [1.54, 1.807) is 10.7 Å². The van der Waals surface area contributed by atoms with Gasteiger partial charge in [0.2, 0.25) is 0 Å². The summed E-state index contributed by atoms with van der Waals surface area (Å²) in [6, 6.07) is 9.15. The van der Waals surface area contributed by atoms with E-state index < -0.39 is 0 Å². The van der Waals surface area contributed by atoms with Crippen LogP contribution in [0.25, 0.3) is 11.0 Å². The van der Waals surface area contributed by atoms with Crippen molar-refractivity contribution in [3.05, 3.63) is 57.8 Å². The van der Waals surface area contributed by atoms with Gasteiger partial charge >= 0.3 is 0 Å². The van der Waals surface area contributed by atoms with Gasteiger partial charge in [-0.25, -0.2) is 9.67 Å². The lowest BCUT2D eigenvalue weighted by Crippen LogP contribution is -2.40. The van der Waals surface area contributed by atoms with E-state index >= 15 is 0 Å². The molecule has 1 saturated carbocycles. The van der Waals surface area contributed by atoms with Gasteiger partial charge in [-0.1, -0.05) is 0 Å². The van der Waals surface area contributed by atoms with Gasteiger partial charge in [-0.3, -0.25) is 9.59 Å². The Bertz CT molecular complexity index is 1120. The van der Waals surface area contributed by atoms with Gasteiger partial charge in [0.25, 0.3) is 11.5 Å². The highest BCUT2D eigenvalue weighted by Gasteiger charge is 2.27. The molecule has 2 aromatic heterocycles. The van der Waals surface area contributed by atoms with E-state index in [0.29, 0.717) is 37.0 Å². The minimum absolute atomic E-state index is 0.0314. The lowest BCUT2D eigenvalue weighted by Gasteiger charge is -2.32. The van der Waals surface area contributed by atoms with Gasteiger partial charge in [0.05, 0.1) is 16.7 Å². The molecular formula is C22H25N5O2. The number of aryl methyl sites for hydroxylation is 1. The number of piperidine rings is 1. The lowest BCUT2D eigenvalue weighted by molar-refractivity contribution is 0.0680. The van der Waals surface area contributed by atoms with Crippen molar-refractivity contribution < 1.29 is 4.79 Å². The Morgan fingerprint density at radius 1 is 1.14 bits per heavy atom. The smallest absolute Gasteiger partial charge is 0.266 e. The molecule has 0 spiro atoms. The maximum absolute atomic E-state index is 12.9. The molecule has 7 nitrogen and oxygen atoms in total. The van der Waals surface area contributed by atoms with E-state index in [0.717, 1.165) is 35.4 Å². The number of likely N-dealkylation sites (tertiary alicyclic amines) is 1. The second-order valence-electron chi connectivity index (χ2n) is 8.34. The fraction of sp³-hybridized carbons (Fsp3) is 0.455. The van der Waals surface area contributed by atoms with Crippen LogP contribution >= 0.6 is 0 Å². The van der Waals surface area contributed by atoms with Crippen LogP contribution in [0.3, 0.4) is 0 Å². The van der Waals surface area contributed by atoms with Crippen LogP contribution in [0.1, 0.15) is 53.5 Å². The van der Waals surface area contributed by atoms with Crippen molar-refractivity contribution >= 4 is 16.9 Å². The van der Waals surface area contributed by atoms with Crippen LogP contribution in [0.2, 0.25) is 0 Å². The van der Waals surface area contributed by atoms with Gasteiger partial charge in [-0.2, -0.15) is 5.10 Å². The Balaban J connectivity index is 1.23. The van der Waals surface area contributed by atoms with Crippen molar-refractivity contribution in [2.75, 3.05) is 13.1 Å². The summed E-state index contributed by atoms with van der Waals surface area (Å²) in [6.07, 6.45) is 4.13. The highest BCUT2D eigenvalue weighted by Crippen LogP contribution is 2.38. The number of hydrogen-bond acceptors (Lipinski definition) is 4. The lowest BCUT2D eigenvalue weighted by atomic mass is 9.96. The third-order valence-electron chi connectivity index (χ3n) is 6.06.